The molecule has 0 unspecified atom stereocenters. The van der Waals surface area contributed by atoms with Crippen molar-refractivity contribution in [2.75, 3.05) is 26.5 Å². The Morgan fingerprint density at radius 2 is 2.21 bits per heavy atom. The van der Waals surface area contributed by atoms with Gasteiger partial charge in [-0.15, -0.1) is 11.8 Å². The molecule has 1 heterocycles. The van der Waals surface area contributed by atoms with E-state index < -0.39 is 0 Å². The van der Waals surface area contributed by atoms with E-state index in [1.807, 2.05) is 12.1 Å². The van der Waals surface area contributed by atoms with E-state index in [-0.39, 0.29) is 0 Å². The average molecular weight is 278 g/mol. The molecule has 0 spiro atoms. The smallest absolute Gasteiger partial charge is 0.181 e. The summed E-state index contributed by atoms with van der Waals surface area (Å²) in [6.07, 6.45) is 3.56. The highest BCUT2D eigenvalue weighted by Gasteiger charge is 2.13. The van der Waals surface area contributed by atoms with E-state index in [0.717, 1.165) is 23.6 Å². The molecule has 0 radical (unpaired) electrons. The Hall–Kier alpha value is -1.30. The summed E-state index contributed by atoms with van der Waals surface area (Å²) in [5.41, 5.74) is 2.02. The quantitative estimate of drug-likeness (QED) is 0.623. The maximum absolute atomic E-state index is 5.55. The monoisotopic (exact) mass is 278 g/mol. The number of rotatable bonds is 7. The molecule has 0 fully saturated rings. The van der Waals surface area contributed by atoms with Crippen molar-refractivity contribution < 1.29 is 9.15 Å². The molecular formula is C14H18N2O2S. The molecule has 0 saturated carbocycles. The number of ether oxygens (including phenoxy) is 1. The van der Waals surface area contributed by atoms with Crippen LogP contribution in [0.3, 0.4) is 0 Å². The predicted molar refractivity (Wildman–Crippen MR) is 77.3 cm³/mol. The molecule has 4 nitrogen and oxygen atoms in total. The minimum absolute atomic E-state index is 0.678. The van der Waals surface area contributed by atoms with Crippen LogP contribution in [0.2, 0.25) is 0 Å². The van der Waals surface area contributed by atoms with Gasteiger partial charge in [0.2, 0.25) is 0 Å². The first-order valence-electron chi connectivity index (χ1n) is 6.12. The largest absolute Gasteiger partial charge is 0.443 e. The van der Waals surface area contributed by atoms with Gasteiger partial charge in [-0.05, 0) is 12.3 Å². The van der Waals surface area contributed by atoms with Crippen LogP contribution in [0.4, 0.5) is 0 Å². The van der Waals surface area contributed by atoms with E-state index in [4.69, 9.17) is 9.15 Å². The molecule has 0 aliphatic heterocycles. The zero-order valence-electron chi connectivity index (χ0n) is 11.2. The first-order valence-corrected chi connectivity index (χ1v) is 7.34. The molecule has 2 rings (SSSR count). The van der Waals surface area contributed by atoms with Crippen LogP contribution in [0.25, 0.3) is 11.3 Å². The second-order valence-electron chi connectivity index (χ2n) is 4.00. The molecule has 0 amide bonds. The summed E-state index contributed by atoms with van der Waals surface area (Å²) in [7, 11) is 1.69. The summed E-state index contributed by atoms with van der Waals surface area (Å²) in [5, 5.41) is 3.28. The lowest BCUT2D eigenvalue weighted by molar-refractivity contribution is 0.199. The molecule has 0 saturated heterocycles. The average Bonchev–Trinajstić information content (AvgIpc) is 2.92. The van der Waals surface area contributed by atoms with Gasteiger partial charge in [-0.3, -0.25) is 0 Å². The summed E-state index contributed by atoms with van der Waals surface area (Å²) in [4.78, 5) is 5.48. The second kappa shape index (κ2) is 7.33. The standard InChI is InChI=1S/C14H18N2O2S/c1-17-8-7-15-9-12-14(18-10-16-12)11-5-3-4-6-13(11)19-2/h3-6,10,15H,7-9H2,1-2H3. The highest BCUT2D eigenvalue weighted by molar-refractivity contribution is 7.98. The van der Waals surface area contributed by atoms with E-state index in [1.54, 1.807) is 18.9 Å². The minimum atomic E-state index is 0.678. The van der Waals surface area contributed by atoms with Gasteiger partial charge in [0.25, 0.3) is 0 Å². The predicted octanol–water partition coefficient (Wildman–Crippen LogP) is 2.80. The molecule has 1 aromatic carbocycles. The van der Waals surface area contributed by atoms with Crippen LogP contribution in [-0.4, -0.2) is 31.5 Å². The SMILES string of the molecule is COCCNCc1ncoc1-c1ccccc1SC. The summed E-state index contributed by atoms with van der Waals surface area (Å²) in [6, 6.07) is 8.19. The van der Waals surface area contributed by atoms with E-state index in [2.05, 4.69) is 28.7 Å². The molecule has 0 atom stereocenters. The Morgan fingerprint density at radius 1 is 1.37 bits per heavy atom. The zero-order valence-corrected chi connectivity index (χ0v) is 12.0. The normalized spacial score (nSPS) is 10.8. The van der Waals surface area contributed by atoms with Crippen molar-refractivity contribution in [2.24, 2.45) is 0 Å². The van der Waals surface area contributed by atoms with E-state index in [9.17, 15) is 0 Å². The van der Waals surface area contributed by atoms with Gasteiger partial charge in [0.1, 0.15) is 5.69 Å². The van der Waals surface area contributed by atoms with Crippen LogP contribution < -0.4 is 5.32 Å². The Bertz CT molecular complexity index is 514. The Morgan fingerprint density at radius 3 is 3.00 bits per heavy atom. The molecule has 0 bridgehead atoms. The van der Waals surface area contributed by atoms with Crippen LogP contribution in [0.15, 0.2) is 40.0 Å². The van der Waals surface area contributed by atoms with Gasteiger partial charge < -0.3 is 14.5 Å². The Kier molecular flexibility index (Phi) is 5.44. The maximum atomic E-state index is 5.55. The van der Waals surface area contributed by atoms with Crippen molar-refractivity contribution in [1.82, 2.24) is 10.3 Å². The number of aromatic nitrogens is 1. The van der Waals surface area contributed by atoms with Gasteiger partial charge in [-0.25, -0.2) is 4.98 Å². The number of hydrogen-bond acceptors (Lipinski definition) is 5. The van der Waals surface area contributed by atoms with Crippen LogP contribution >= 0.6 is 11.8 Å². The van der Waals surface area contributed by atoms with Crippen molar-refractivity contribution in [3.05, 3.63) is 36.4 Å². The fraction of sp³-hybridized carbons (Fsp3) is 0.357. The third-order valence-corrected chi connectivity index (χ3v) is 3.56. The molecule has 102 valence electrons. The van der Waals surface area contributed by atoms with Crippen LogP contribution in [-0.2, 0) is 11.3 Å². The third-order valence-electron chi connectivity index (χ3n) is 2.77. The summed E-state index contributed by atoms with van der Waals surface area (Å²) < 4.78 is 10.6. The highest BCUT2D eigenvalue weighted by atomic mass is 32.2. The molecular weight excluding hydrogens is 260 g/mol. The Labute approximate surface area is 117 Å². The van der Waals surface area contributed by atoms with Crippen molar-refractivity contribution in [2.45, 2.75) is 11.4 Å². The molecule has 1 N–H and O–H groups in total. The van der Waals surface area contributed by atoms with Crippen LogP contribution in [0, 0.1) is 0 Å². The number of methoxy groups -OCH3 is 1. The number of nitrogens with zero attached hydrogens (tertiary/aromatic N) is 1. The van der Waals surface area contributed by atoms with E-state index in [0.29, 0.717) is 13.2 Å². The lowest BCUT2D eigenvalue weighted by Gasteiger charge is -2.07. The second-order valence-corrected chi connectivity index (χ2v) is 4.85. The molecule has 0 aliphatic carbocycles. The van der Waals surface area contributed by atoms with Gasteiger partial charge in [0.15, 0.2) is 12.2 Å². The van der Waals surface area contributed by atoms with Crippen molar-refractivity contribution in [1.29, 1.82) is 0 Å². The first kappa shape index (κ1) is 14.1. The third kappa shape index (κ3) is 3.59. The number of oxazole rings is 1. The lowest BCUT2D eigenvalue weighted by Crippen LogP contribution is -2.19. The topological polar surface area (TPSA) is 47.3 Å². The van der Waals surface area contributed by atoms with Gasteiger partial charge in [0.05, 0.1) is 6.61 Å². The summed E-state index contributed by atoms with van der Waals surface area (Å²) in [5.74, 6) is 0.842. The number of benzene rings is 1. The van der Waals surface area contributed by atoms with Crippen LogP contribution in [0.5, 0.6) is 0 Å². The van der Waals surface area contributed by atoms with E-state index >= 15 is 0 Å². The molecule has 2 aromatic rings. The molecule has 5 heteroatoms. The van der Waals surface area contributed by atoms with Gasteiger partial charge in [0, 0.05) is 30.7 Å². The lowest BCUT2D eigenvalue weighted by atomic mass is 10.1. The van der Waals surface area contributed by atoms with Gasteiger partial charge in [-0.1, -0.05) is 18.2 Å². The van der Waals surface area contributed by atoms with Crippen molar-refractivity contribution in [3.8, 4) is 11.3 Å². The number of hydrogen-bond donors (Lipinski definition) is 1. The fourth-order valence-corrected chi connectivity index (χ4v) is 2.42. The molecule has 0 aliphatic rings. The Balaban J connectivity index is 2.14. The zero-order chi connectivity index (χ0) is 13.5. The molecule has 19 heavy (non-hydrogen) atoms. The number of nitrogens with one attached hydrogen (secondary N) is 1. The van der Waals surface area contributed by atoms with E-state index in [1.165, 1.54) is 11.3 Å². The van der Waals surface area contributed by atoms with Gasteiger partial charge in [-0.2, -0.15) is 0 Å². The maximum Gasteiger partial charge on any atom is 0.181 e. The van der Waals surface area contributed by atoms with Crippen molar-refractivity contribution >= 4 is 11.8 Å². The highest BCUT2D eigenvalue weighted by Crippen LogP contribution is 2.31. The molecule has 1 aromatic heterocycles. The minimum Gasteiger partial charge on any atom is -0.443 e. The first-order chi connectivity index (χ1) is 9.36. The van der Waals surface area contributed by atoms with Gasteiger partial charge >= 0.3 is 0 Å². The fourth-order valence-electron chi connectivity index (χ4n) is 1.83. The number of thioether (sulfide) groups is 1. The summed E-state index contributed by atoms with van der Waals surface area (Å²) in [6.45, 7) is 2.17. The summed E-state index contributed by atoms with van der Waals surface area (Å²) >= 11 is 1.71. The van der Waals surface area contributed by atoms with Crippen LogP contribution in [0.1, 0.15) is 5.69 Å². The van der Waals surface area contributed by atoms with Crippen molar-refractivity contribution in [3.63, 3.8) is 0 Å².